The smallest absolute Gasteiger partial charge is 0.343 e. The molecule has 2 aliphatic rings. The van der Waals surface area contributed by atoms with Crippen LogP contribution in [0.4, 0.5) is 16.2 Å². The van der Waals surface area contributed by atoms with Crippen molar-refractivity contribution in [1.29, 1.82) is 0 Å². The first-order valence-electron chi connectivity index (χ1n) is 11.4. The van der Waals surface area contributed by atoms with Gasteiger partial charge in [-0.3, -0.25) is 0 Å². The predicted molar refractivity (Wildman–Crippen MR) is 127 cm³/mol. The first-order chi connectivity index (χ1) is 15.5. The number of hydrogen-bond acceptors (Lipinski definition) is 5. The summed E-state index contributed by atoms with van der Waals surface area (Å²) in [6.07, 6.45) is 3.68. The molecule has 0 bridgehead atoms. The van der Waals surface area contributed by atoms with Gasteiger partial charge in [0.1, 0.15) is 0 Å². The molecule has 2 aromatic rings. The zero-order valence-electron chi connectivity index (χ0n) is 19.0. The lowest BCUT2D eigenvalue weighted by Gasteiger charge is -2.38. The van der Waals surface area contributed by atoms with Crippen molar-refractivity contribution >= 4 is 23.4 Å². The van der Waals surface area contributed by atoms with Gasteiger partial charge in [-0.05, 0) is 49.6 Å². The lowest BCUT2D eigenvalue weighted by atomic mass is 10.1. The molecule has 0 atom stereocenters. The maximum Gasteiger partial charge on any atom is 0.343 e. The molecule has 7 heteroatoms. The largest absolute Gasteiger partial charge is 0.421 e. The zero-order valence-corrected chi connectivity index (χ0v) is 19.0. The van der Waals surface area contributed by atoms with Crippen molar-refractivity contribution in [2.24, 2.45) is 0 Å². The van der Waals surface area contributed by atoms with E-state index in [4.69, 9.17) is 4.74 Å². The van der Waals surface area contributed by atoms with Crippen LogP contribution in [0.1, 0.15) is 29.6 Å². The van der Waals surface area contributed by atoms with Gasteiger partial charge in [-0.15, -0.1) is 0 Å². The Morgan fingerprint density at radius 3 is 2.16 bits per heavy atom. The zero-order chi connectivity index (χ0) is 22.5. The predicted octanol–water partition coefficient (Wildman–Crippen LogP) is 3.70. The summed E-state index contributed by atoms with van der Waals surface area (Å²) in [6.45, 7) is 4.76. The molecule has 0 unspecified atom stereocenters. The molecule has 0 spiro atoms. The third-order valence-electron chi connectivity index (χ3n) is 6.15. The molecule has 0 saturated carbocycles. The van der Waals surface area contributed by atoms with Gasteiger partial charge in [0.25, 0.3) is 0 Å². The van der Waals surface area contributed by atoms with Crippen LogP contribution in [0.5, 0.6) is 5.75 Å². The molecule has 7 nitrogen and oxygen atoms in total. The number of ether oxygens (including phenoxy) is 1. The molecule has 0 radical (unpaired) electrons. The standard InChI is InChI=1S/C25H32N4O3/c1-26(2)25(31)29-17-15-28(16-18-29)22-19-21(27-13-7-4-8-14-27)11-12-23(22)32-24(30)20-9-5-3-6-10-20/h3,5-6,9-12,19H,4,7-8,13-18H2,1-2H3. The highest BCUT2D eigenvalue weighted by molar-refractivity contribution is 5.92. The molecule has 2 heterocycles. The third-order valence-corrected chi connectivity index (χ3v) is 6.15. The molecule has 0 aromatic heterocycles. The van der Waals surface area contributed by atoms with Gasteiger partial charge in [-0.1, -0.05) is 18.2 Å². The summed E-state index contributed by atoms with van der Waals surface area (Å²) in [4.78, 5) is 33.2. The fourth-order valence-corrected chi connectivity index (χ4v) is 4.34. The number of esters is 1. The van der Waals surface area contributed by atoms with Gasteiger partial charge in [-0.25, -0.2) is 9.59 Å². The molecule has 2 aromatic carbocycles. The fourth-order valence-electron chi connectivity index (χ4n) is 4.34. The van der Waals surface area contributed by atoms with Gasteiger partial charge in [0.2, 0.25) is 0 Å². The minimum Gasteiger partial charge on any atom is -0.421 e. The summed E-state index contributed by atoms with van der Waals surface area (Å²) in [7, 11) is 3.55. The molecule has 0 aliphatic carbocycles. The van der Waals surface area contributed by atoms with Crippen LogP contribution in [-0.4, -0.2) is 75.2 Å². The molecule has 4 rings (SSSR count). The Morgan fingerprint density at radius 1 is 0.812 bits per heavy atom. The van der Waals surface area contributed by atoms with E-state index in [0.29, 0.717) is 37.5 Å². The number of carbonyl (C=O) groups is 2. The lowest BCUT2D eigenvalue weighted by Crippen LogP contribution is -2.51. The van der Waals surface area contributed by atoms with E-state index < -0.39 is 0 Å². The van der Waals surface area contributed by atoms with Gasteiger partial charge in [0.15, 0.2) is 5.75 Å². The number of piperazine rings is 1. The Hall–Kier alpha value is -3.22. The number of rotatable bonds is 4. The van der Waals surface area contributed by atoms with Crippen LogP contribution in [0, 0.1) is 0 Å². The van der Waals surface area contributed by atoms with E-state index in [-0.39, 0.29) is 12.0 Å². The van der Waals surface area contributed by atoms with Crippen LogP contribution in [0.15, 0.2) is 48.5 Å². The molecule has 32 heavy (non-hydrogen) atoms. The number of benzene rings is 2. The van der Waals surface area contributed by atoms with E-state index in [0.717, 1.165) is 24.5 Å². The number of hydrogen-bond donors (Lipinski definition) is 0. The van der Waals surface area contributed by atoms with Crippen LogP contribution in [0.2, 0.25) is 0 Å². The molecule has 2 aliphatic heterocycles. The number of carbonyl (C=O) groups excluding carboxylic acids is 2. The van der Waals surface area contributed by atoms with Gasteiger partial charge >= 0.3 is 12.0 Å². The molecule has 2 amide bonds. The molecule has 2 saturated heterocycles. The van der Waals surface area contributed by atoms with Gasteiger partial charge < -0.3 is 24.3 Å². The van der Waals surface area contributed by atoms with Crippen LogP contribution in [0.3, 0.4) is 0 Å². The topological polar surface area (TPSA) is 56.3 Å². The monoisotopic (exact) mass is 436 g/mol. The maximum atomic E-state index is 12.7. The maximum absolute atomic E-state index is 12.7. The Labute approximate surface area is 190 Å². The third kappa shape index (κ3) is 4.98. The highest BCUT2D eigenvalue weighted by atomic mass is 16.5. The second kappa shape index (κ2) is 9.94. The molecule has 2 fully saturated rings. The molecule has 170 valence electrons. The number of anilines is 2. The van der Waals surface area contributed by atoms with Crippen molar-refractivity contribution in [1.82, 2.24) is 9.80 Å². The van der Waals surface area contributed by atoms with Crippen LogP contribution < -0.4 is 14.5 Å². The number of amides is 2. The van der Waals surface area contributed by atoms with E-state index >= 15 is 0 Å². The van der Waals surface area contributed by atoms with Gasteiger partial charge in [0.05, 0.1) is 11.3 Å². The van der Waals surface area contributed by atoms with Crippen LogP contribution in [-0.2, 0) is 0 Å². The van der Waals surface area contributed by atoms with E-state index in [2.05, 4.69) is 15.9 Å². The Balaban J connectivity index is 1.57. The summed E-state index contributed by atoms with van der Waals surface area (Å²) < 4.78 is 5.85. The first kappa shape index (κ1) is 22.0. The summed E-state index contributed by atoms with van der Waals surface area (Å²) in [5.41, 5.74) is 2.60. The highest BCUT2D eigenvalue weighted by Crippen LogP contribution is 2.35. The molecular weight excluding hydrogens is 404 g/mol. The van der Waals surface area contributed by atoms with Crippen LogP contribution in [0.25, 0.3) is 0 Å². The van der Waals surface area contributed by atoms with E-state index in [1.54, 1.807) is 31.1 Å². The van der Waals surface area contributed by atoms with Gasteiger partial charge in [0, 0.05) is 59.1 Å². The number of nitrogens with zero attached hydrogens (tertiary/aromatic N) is 4. The average molecular weight is 437 g/mol. The van der Waals surface area contributed by atoms with Crippen molar-refractivity contribution in [2.45, 2.75) is 19.3 Å². The lowest BCUT2D eigenvalue weighted by molar-refractivity contribution is 0.0735. The highest BCUT2D eigenvalue weighted by Gasteiger charge is 2.25. The van der Waals surface area contributed by atoms with Gasteiger partial charge in [-0.2, -0.15) is 0 Å². The van der Waals surface area contributed by atoms with Crippen molar-refractivity contribution in [3.05, 3.63) is 54.1 Å². The second-order valence-electron chi connectivity index (χ2n) is 8.61. The van der Waals surface area contributed by atoms with Crippen molar-refractivity contribution in [3.63, 3.8) is 0 Å². The summed E-state index contributed by atoms with van der Waals surface area (Å²) in [5.74, 6) is 0.200. The number of piperidine rings is 1. The molecule has 0 N–H and O–H groups in total. The Morgan fingerprint density at radius 2 is 1.50 bits per heavy atom. The fraction of sp³-hybridized carbons (Fsp3) is 0.440. The minimum absolute atomic E-state index is 0.0300. The summed E-state index contributed by atoms with van der Waals surface area (Å²) in [6, 6.07) is 15.2. The summed E-state index contributed by atoms with van der Waals surface area (Å²) >= 11 is 0. The second-order valence-corrected chi connectivity index (χ2v) is 8.61. The van der Waals surface area contributed by atoms with Crippen molar-refractivity contribution in [3.8, 4) is 5.75 Å². The minimum atomic E-state index is -0.362. The van der Waals surface area contributed by atoms with E-state index in [9.17, 15) is 9.59 Å². The van der Waals surface area contributed by atoms with E-state index in [1.807, 2.05) is 35.2 Å². The Kier molecular flexibility index (Phi) is 6.83. The first-order valence-corrected chi connectivity index (χ1v) is 11.4. The Bertz CT molecular complexity index is 933. The quantitative estimate of drug-likeness (QED) is 0.540. The van der Waals surface area contributed by atoms with Crippen molar-refractivity contribution in [2.75, 3.05) is 63.2 Å². The normalized spacial score (nSPS) is 16.6. The number of urea groups is 1. The van der Waals surface area contributed by atoms with E-state index in [1.165, 1.54) is 19.3 Å². The molecular formula is C25H32N4O3. The van der Waals surface area contributed by atoms with Crippen molar-refractivity contribution < 1.29 is 14.3 Å². The average Bonchev–Trinajstić information content (AvgIpc) is 2.85. The van der Waals surface area contributed by atoms with Crippen LogP contribution >= 0.6 is 0 Å². The SMILES string of the molecule is CN(C)C(=O)N1CCN(c2cc(N3CCCCC3)ccc2OC(=O)c2ccccc2)CC1. The summed E-state index contributed by atoms with van der Waals surface area (Å²) in [5, 5.41) is 0.